The summed E-state index contributed by atoms with van der Waals surface area (Å²) in [5.74, 6) is -0.261. The first-order chi connectivity index (χ1) is 5.24. The monoisotopic (exact) mass is 151 g/mol. The molecule has 0 spiro atoms. The summed E-state index contributed by atoms with van der Waals surface area (Å²) in [5.41, 5.74) is 0.435. The van der Waals surface area contributed by atoms with E-state index >= 15 is 0 Å². The van der Waals surface area contributed by atoms with Crippen molar-refractivity contribution < 1.29 is 14.6 Å². The van der Waals surface area contributed by atoms with E-state index in [4.69, 9.17) is 5.11 Å². The fourth-order valence-corrected chi connectivity index (χ4v) is 0.715. The Hall–Kier alpha value is -1.51. The molecule has 0 atom stereocenters. The van der Waals surface area contributed by atoms with Gasteiger partial charge in [0.2, 0.25) is 0 Å². The van der Waals surface area contributed by atoms with Gasteiger partial charge in [-0.1, -0.05) is 0 Å². The molecule has 58 valence electrons. The number of rotatable bonds is 1. The summed E-state index contributed by atoms with van der Waals surface area (Å²) < 4.78 is 4.46. The van der Waals surface area contributed by atoms with Crippen LogP contribution in [0.1, 0.15) is 10.4 Å². The highest BCUT2D eigenvalue weighted by atomic mass is 16.5. The molecular weight excluding hydrogens is 143 g/mol. The molecule has 1 rings (SSSR count). The predicted octanol–water partition coefficient (Wildman–Crippen LogP) is 1.18. The smallest absolute Gasteiger partial charge is 0.337 e. The molecule has 0 heterocycles. The minimum atomic E-state index is -0.398. The van der Waals surface area contributed by atoms with Crippen LogP contribution in [-0.2, 0) is 4.74 Å². The first-order valence-electron chi connectivity index (χ1n) is 3.11. The van der Waals surface area contributed by atoms with Crippen molar-refractivity contribution in [2.24, 2.45) is 0 Å². The SMILES string of the molecule is CO[11C](=O)c1ccc(O)cc1. The second-order valence-electron chi connectivity index (χ2n) is 2.04. The lowest BCUT2D eigenvalue weighted by molar-refractivity contribution is 0.0601. The summed E-state index contributed by atoms with van der Waals surface area (Å²) in [4.78, 5) is 10.8. The van der Waals surface area contributed by atoms with Gasteiger partial charge in [-0.05, 0) is 24.3 Å². The van der Waals surface area contributed by atoms with Crippen LogP contribution in [0.5, 0.6) is 5.75 Å². The van der Waals surface area contributed by atoms with Crippen molar-refractivity contribution in [3.8, 4) is 5.75 Å². The van der Waals surface area contributed by atoms with Gasteiger partial charge in [0.05, 0.1) is 12.7 Å². The molecule has 0 unspecified atom stereocenters. The molecule has 0 bridgehead atoms. The largest absolute Gasteiger partial charge is 0.508 e. The van der Waals surface area contributed by atoms with Crippen LogP contribution in [0.15, 0.2) is 24.3 Å². The van der Waals surface area contributed by atoms with Crippen LogP contribution in [0.25, 0.3) is 0 Å². The van der Waals surface area contributed by atoms with Gasteiger partial charge in [-0.15, -0.1) is 0 Å². The number of aromatic hydroxyl groups is 1. The summed E-state index contributed by atoms with van der Waals surface area (Å²) in [6, 6.07) is 5.88. The summed E-state index contributed by atoms with van der Waals surface area (Å²) >= 11 is 0. The average molecular weight is 151 g/mol. The minimum absolute atomic E-state index is 0.137. The van der Waals surface area contributed by atoms with Crippen LogP contribution in [-0.4, -0.2) is 18.2 Å². The van der Waals surface area contributed by atoms with E-state index in [0.29, 0.717) is 5.56 Å². The summed E-state index contributed by atoms with van der Waals surface area (Å²) in [6.07, 6.45) is 0. The Labute approximate surface area is 64.2 Å². The molecule has 3 nitrogen and oxygen atoms in total. The van der Waals surface area contributed by atoms with Crippen LogP contribution >= 0.6 is 0 Å². The fraction of sp³-hybridized carbons (Fsp3) is 0.125. The zero-order valence-corrected chi connectivity index (χ0v) is 6.07. The molecule has 0 radical (unpaired) electrons. The van der Waals surface area contributed by atoms with Gasteiger partial charge in [0.25, 0.3) is 0 Å². The number of phenolic OH excluding ortho intramolecular Hbond substituents is 1. The van der Waals surface area contributed by atoms with Gasteiger partial charge in [-0.2, -0.15) is 0 Å². The molecule has 0 aliphatic rings. The lowest BCUT2D eigenvalue weighted by Crippen LogP contribution is -1.99. The zero-order chi connectivity index (χ0) is 8.27. The summed E-state index contributed by atoms with van der Waals surface area (Å²) in [6.45, 7) is 0. The lowest BCUT2D eigenvalue weighted by atomic mass is 9.94. The molecule has 3 heteroatoms. The molecule has 0 aliphatic carbocycles. The predicted molar refractivity (Wildman–Crippen MR) is 39.4 cm³/mol. The maximum absolute atomic E-state index is 10.8. The molecule has 1 aromatic rings. The Balaban J connectivity index is 2.90. The van der Waals surface area contributed by atoms with Crippen LogP contribution in [0.4, 0.5) is 0 Å². The summed E-state index contributed by atoms with van der Waals surface area (Å²) in [5, 5.41) is 8.86. The van der Waals surface area contributed by atoms with E-state index in [1.54, 1.807) is 0 Å². The zero-order valence-electron chi connectivity index (χ0n) is 6.07. The summed E-state index contributed by atoms with van der Waals surface area (Å²) in [7, 11) is 1.31. The average Bonchev–Trinajstić information content (AvgIpc) is 2.05. The lowest BCUT2D eigenvalue weighted by Gasteiger charge is -1.97. The van der Waals surface area contributed by atoms with E-state index in [1.165, 1.54) is 31.4 Å². The van der Waals surface area contributed by atoms with Gasteiger partial charge in [0, 0.05) is 0 Å². The third kappa shape index (κ3) is 1.70. The number of hydrogen-bond acceptors (Lipinski definition) is 3. The molecule has 0 saturated heterocycles. The maximum Gasteiger partial charge on any atom is 0.337 e. The molecule has 0 fully saturated rings. The third-order valence-corrected chi connectivity index (χ3v) is 1.29. The topological polar surface area (TPSA) is 46.5 Å². The number of methoxy groups -OCH3 is 1. The number of ether oxygens (including phenoxy) is 1. The van der Waals surface area contributed by atoms with Crippen LogP contribution in [0.3, 0.4) is 0 Å². The molecular formula is C8H8O3. The van der Waals surface area contributed by atoms with E-state index < -0.39 is 5.97 Å². The van der Waals surface area contributed by atoms with Gasteiger partial charge in [-0.25, -0.2) is 4.79 Å². The van der Waals surface area contributed by atoms with Crippen molar-refractivity contribution in [2.45, 2.75) is 0 Å². The van der Waals surface area contributed by atoms with Crippen molar-refractivity contribution in [1.82, 2.24) is 0 Å². The molecule has 11 heavy (non-hydrogen) atoms. The highest BCUT2D eigenvalue weighted by molar-refractivity contribution is 5.89. The Morgan fingerprint density at radius 2 is 1.91 bits per heavy atom. The molecule has 0 amide bonds. The molecule has 0 saturated carbocycles. The van der Waals surface area contributed by atoms with Gasteiger partial charge in [-0.3, -0.25) is 0 Å². The molecule has 0 aromatic heterocycles. The van der Waals surface area contributed by atoms with Crippen molar-refractivity contribution in [3.05, 3.63) is 29.8 Å². The Bertz CT molecular complexity index is 251. The van der Waals surface area contributed by atoms with E-state index in [9.17, 15) is 4.79 Å². The Morgan fingerprint density at radius 3 is 2.36 bits per heavy atom. The van der Waals surface area contributed by atoms with Gasteiger partial charge in [0.1, 0.15) is 5.75 Å². The number of phenols is 1. The second-order valence-corrected chi connectivity index (χ2v) is 2.04. The van der Waals surface area contributed by atoms with Crippen molar-refractivity contribution in [1.29, 1.82) is 0 Å². The van der Waals surface area contributed by atoms with E-state index in [2.05, 4.69) is 4.74 Å². The van der Waals surface area contributed by atoms with Crippen LogP contribution in [0, 0.1) is 0 Å². The van der Waals surface area contributed by atoms with Gasteiger partial charge < -0.3 is 9.84 Å². The van der Waals surface area contributed by atoms with Crippen molar-refractivity contribution in [2.75, 3.05) is 7.11 Å². The first-order valence-corrected chi connectivity index (χ1v) is 3.11. The normalized spacial score (nSPS) is 9.18. The standard InChI is InChI=1S/C8H8O3/c1-11-8(10)6-2-4-7(9)5-3-6/h2-5,9H,1H3/i8-1. The van der Waals surface area contributed by atoms with Gasteiger partial charge in [0.15, 0.2) is 0 Å². The molecule has 1 aromatic carbocycles. The van der Waals surface area contributed by atoms with E-state index in [-0.39, 0.29) is 5.75 Å². The second kappa shape index (κ2) is 3.05. The van der Waals surface area contributed by atoms with E-state index in [0.717, 1.165) is 0 Å². The molecule has 0 aliphatic heterocycles. The highest BCUT2D eigenvalue weighted by Gasteiger charge is 2.02. The number of hydrogen-bond donors (Lipinski definition) is 1. The number of benzene rings is 1. The number of carbonyl (C=O) groups excluding carboxylic acids is 1. The third-order valence-electron chi connectivity index (χ3n) is 1.29. The van der Waals surface area contributed by atoms with Gasteiger partial charge >= 0.3 is 5.97 Å². The number of esters is 1. The van der Waals surface area contributed by atoms with Crippen molar-refractivity contribution in [3.63, 3.8) is 0 Å². The minimum Gasteiger partial charge on any atom is -0.508 e. The highest BCUT2D eigenvalue weighted by Crippen LogP contribution is 2.09. The van der Waals surface area contributed by atoms with Crippen molar-refractivity contribution >= 4 is 5.97 Å². The van der Waals surface area contributed by atoms with Crippen LogP contribution in [0.2, 0.25) is 0 Å². The quantitative estimate of drug-likeness (QED) is 0.613. The molecule has 1 N–H and O–H groups in total. The number of carbonyl (C=O) groups is 1. The van der Waals surface area contributed by atoms with E-state index in [1.807, 2.05) is 0 Å². The van der Waals surface area contributed by atoms with Crippen LogP contribution < -0.4 is 0 Å². The maximum atomic E-state index is 10.8. The first kappa shape index (κ1) is 7.60. The Kier molecular flexibility index (Phi) is 2.11. The fourth-order valence-electron chi connectivity index (χ4n) is 0.715. The Morgan fingerprint density at radius 1 is 1.36 bits per heavy atom.